The summed E-state index contributed by atoms with van der Waals surface area (Å²) >= 11 is 1.31. The molecule has 0 radical (unpaired) electrons. The lowest BCUT2D eigenvalue weighted by Gasteiger charge is -2.20. The Morgan fingerprint density at radius 1 is 0.946 bits per heavy atom. The fourth-order valence-corrected chi connectivity index (χ4v) is 4.94. The van der Waals surface area contributed by atoms with Crippen LogP contribution in [0.25, 0.3) is 22.4 Å². The second-order valence-corrected chi connectivity index (χ2v) is 11.4. The molecule has 1 amide bonds. The summed E-state index contributed by atoms with van der Waals surface area (Å²) < 4.78 is 0. The topological polar surface area (TPSA) is 65.8 Å². The first kappa shape index (κ1) is 26.2. The van der Waals surface area contributed by atoms with Crippen LogP contribution < -0.4 is 5.32 Å². The summed E-state index contributed by atoms with van der Waals surface area (Å²) in [5.41, 5.74) is 7.00. The predicted molar refractivity (Wildman–Crippen MR) is 154 cm³/mol. The monoisotopic (exact) mass is 505 g/mol. The lowest BCUT2D eigenvalue weighted by molar-refractivity contribution is -0.115. The van der Waals surface area contributed by atoms with Gasteiger partial charge in [0.05, 0.1) is 16.5 Å². The number of amides is 1. The Bertz CT molecular complexity index is 1450. The Hall–Kier alpha value is -3.88. The van der Waals surface area contributed by atoms with Crippen molar-refractivity contribution in [2.45, 2.75) is 50.3 Å². The van der Waals surface area contributed by atoms with Crippen molar-refractivity contribution in [2.75, 3.05) is 5.32 Å². The minimum atomic E-state index is -0.457. The molecular weight excluding hydrogens is 474 g/mol. The van der Waals surface area contributed by atoms with Gasteiger partial charge in [0, 0.05) is 16.8 Å². The van der Waals surface area contributed by atoms with E-state index in [1.807, 2.05) is 74.5 Å². The van der Waals surface area contributed by atoms with Crippen LogP contribution in [0.1, 0.15) is 44.4 Å². The van der Waals surface area contributed by atoms with Gasteiger partial charge in [0.15, 0.2) is 0 Å². The molecule has 0 aliphatic carbocycles. The average molecular weight is 506 g/mol. The zero-order valence-corrected chi connectivity index (χ0v) is 22.7. The van der Waals surface area contributed by atoms with Gasteiger partial charge in [-0.15, -0.1) is 0 Å². The summed E-state index contributed by atoms with van der Waals surface area (Å²) in [4.78, 5) is 17.9. The van der Waals surface area contributed by atoms with Crippen LogP contribution in [0.5, 0.6) is 0 Å². The van der Waals surface area contributed by atoms with Gasteiger partial charge in [0.25, 0.3) is 0 Å². The highest BCUT2D eigenvalue weighted by molar-refractivity contribution is 8.00. The number of thioether (sulfide) groups is 1. The van der Waals surface area contributed by atoms with Crippen LogP contribution in [-0.2, 0) is 10.2 Å². The van der Waals surface area contributed by atoms with Crippen molar-refractivity contribution in [3.05, 3.63) is 102 Å². The minimum Gasteiger partial charge on any atom is -0.325 e. The van der Waals surface area contributed by atoms with Gasteiger partial charge in [-0.2, -0.15) is 5.26 Å². The Kier molecular flexibility index (Phi) is 7.80. The zero-order chi connectivity index (χ0) is 26.6. The molecule has 1 N–H and O–H groups in total. The average Bonchev–Trinajstić information content (AvgIpc) is 2.89. The maximum atomic E-state index is 13.1. The fraction of sp³-hybridized carbons (Fsp3) is 0.219. The number of hydrogen-bond donors (Lipinski definition) is 1. The molecule has 0 spiro atoms. The smallest absolute Gasteiger partial charge is 0.237 e. The van der Waals surface area contributed by atoms with Crippen molar-refractivity contribution in [3.8, 4) is 28.5 Å². The Labute approximate surface area is 223 Å². The number of carbonyl (C=O) groups is 1. The van der Waals surface area contributed by atoms with E-state index in [2.05, 4.69) is 56.4 Å². The molecule has 0 unspecified atom stereocenters. The minimum absolute atomic E-state index is 0.0327. The van der Waals surface area contributed by atoms with Gasteiger partial charge in [-0.05, 0) is 48.1 Å². The van der Waals surface area contributed by atoms with Crippen molar-refractivity contribution in [1.82, 2.24) is 4.98 Å². The summed E-state index contributed by atoms with van der Waals surface area (Å²) in [5.74, 6) is -0.133. The van der Waals surface area contributed by atoms with E-state index in [-0.39, 0.29) is 11.3 Å². The maximum absolute atomic E-state index is 13.1. The van der Waals surface area contributed by atoms with E-state index >= 15 is 0 Å². The Morgan fingerprint density at radius 3 is 2.22 bits per heavy atom. The largest absolute Gasteiger partial charge is 0.325 e. The maximum Gasteiger partial charge on any atom is 0.237 e. The van der Waals surface area contributed by atoms with Crippen molar-refractivity contribution in [3.63, 3.8) is 0 Å². The van der Waals surface area contributed by atoms with Gasteiger partial charge in [0.2, 0.25) is 5.91 Å². The third kappa shape index (κ3) is 6.10. The molecular formula is C32H31N3OS. The summed E-state index contributed by atoms with van der Waals surface area (Å²) in [6.07, 6.45) is 0. The molecule has 4 aromatic rings. The van der Waals surface area contributed by atoms with Crippen LogP contribution in [-0.4, -0.2) is 16.1 Å². The van der Waals surface area contributed by atoms with E-state index in [9.17, 15) is 10.1 Å². The number of aryl methyl sites for hydroxylation is 1. The van der Waals surface area contributed by atoms with Gasteiger partial charge in [-0.1, -0.05) is 105 Å². The number of rotatable bonds is 6. The molecule has 0 saturated heterocycles. The number of aromatic nitrogens is 1. The summed E-state index contributed by atoms with van der Waals surface area (Å²) in [5, 5.41) is 13.3. The quantitative estimate of drug-likeness (QED) is 0.270. The van der Waals surface area contributed by atoms with E-state index in [0.717, 1.165) is 33.6 Å². The lowest BCUT2D eigenvalue weighted by Crippen LogP contribution is -2.23. The van der Waals surface area contributed by atoms with Gasteiger partial charge in [-0.3, -0.25) is 4.79 Å². The first-order valence-corrected chi connectivity index (χ1v) is 13.2. The second-order valence-electron chi connectivity index (χ2n) is 10.1. The number of carbonyl (C=O) groups excluding carboxylic acids is 1. The van der Waals surface area contributed by atoms with Crippen LogP contribution in [0.15, 0.2) is 90.0 Å². The predicted octanol–water partition coefficient (Wildman–Crippen LogP) is 8.01. The Balaban J connectivity index is 1.75. The molecule has 0 aliphatic rings. The van der Waals surface area contributed by atoms with Crippen molar-refractivity contribution in [2.24, 2.45) is 0 Å². The highest BCUT2D eigenvalue weighted by Gasteiger charge is 2.22. The van der Waals surface area contributed by atoms with Crippen molar-refractivity contribution < 1.29 is 4.79 Å². The molecule has 0 fully saturated rings. The molecule has 0 bridgehead atoms. The van der Waals surface area contributed by atoms with Crippen LogP contribution in [0.3, 0.4) is 0 Å². The number of nitrogens with zero attached hydrogens (tertiary/aromatic N) is 2. The summed E-state index contributed by atoms with van der Waals surface area (Å²) in [6.45, 7) is 10.3. The number of anilines is 1. The standard InChI is InChI=1S/C32H31N3OS/c1-21-11-9-10-14-28(21)34-30(36)22(2)37-31-27(20-33)26(19-29(35-31)24-12-7-6-8-13-24)23-15-17-25(18-16-23)32(3,4)5/h6-19,22H,1-5H3,(H,34,36)/t22-/m1/s1. The van der Waals surface area contributed by atoms with E-state index < -0.39 is 5.25 Å². The van der Waals surface area contributed by atoms with E-state index in [0.29, 0.717) is 10.6 Å². The highest BCUT2D eigenvalue weighted by atomic mass is 32.2. The van der Waals surface area contributed by atoms with Crippen LogP contribution in [0.4, 0.5) is 5.69 Å². The number of nitriles is 1. The fourth-order valence-electron chi connectivity index (χ4n) is 4.02. The number of para-hydroxylation sites is 1. The zero-order valence-electron chi connectivity index (χ0n) is 21.9. The van der Waals surface area contributed by atoms with Crippen LogP contribution >= 0.6 is 11.8 Å². The summed E-state index contributed by atoms with van der Waals surface area (Å²) in [7, 11) is 0. The molecule has 5 heteroatoms. The molecule has 186 valence electrons. The number of hydrogen-bond acceptors (Lipinski definition) is 4. The number of nitrogens with one attached hydrogen (secondary N) is 1. The molecule has 0 aliphatic heterocycles. The molecule has 1 aromatic heterocycles. The van der Waals surface area contributed by atoms with Crippen molar-refractivity contribution >= 4 is 23.4 Å². The molecule has 3 aromatic carbocycles. The first-order valence-electron chi connectivity index (χ1n) is 12.3. The highest BCUT2D eigenvalue weighted by Crippen LogP contribution is 2.36. The first-order chi connectivity index (χ1) is 17.7. The molecule has 37 heavy (non-hydrogen) atoms. The SMILES string of the molecule is Cc1ccccc1NC(=O)[C@@H](C)Sc1nc(-c2ccccc2)cc(-c2ccc(C(C)(C)C)cc2)c1C#N. The van der Waals surface area contributed by atoms with Gasteiger partial charge in [0.1, 0.15) is 11.1 Å². The third-order valence-corrected chi connectivity index (χ3v) is 7.38. The summed E-state index contributed by atoms with van der Waals surface area (Å²) in [6, 6.07) is 30.3. The Morgan fingerprint density at radius 2 is 1.59 bits per heavy atom. The third-order valence-electron chi connectivity index (χ3n) is 6.29. The molecule has 4 nitrogen and oxygen atoms in total. The molecule has 4 rings (SSSR count). The lowest BCUT2D eigenvalue weighted by atomic mass is 9.86. The van der Waals surface area contributed by atoms with Gasteiger partial charge >= 0.3 is 0 Å². The van der Waals surface area contributed by atoms with E-state index in [1.165, 1.54) is 17.3 Å². The normalized spacial score (nSPS) is 12.0. The van der Waals surface area contributed by atoms with Gasteiger partial charge < -0.3 is 5.32 Å². The van der Waals surface area contributed by atoms with Crippen LogP contribution in [0.2, 0.25) is 0 Å². The van der Waals surface area contributed by atoms with E-state index in [1.54, 1.807) is 0 Å². The van der Waals surface area contributed by atoms with Gasteiger partial charge in [-0.25, -0.2) is 4.98 Å². The number of pyridine rings is 1. The molecule has 0 saturated carbocycles. The number of benzene rings is 3. The molecule has 1 atom stereocenters. The van der Waals surface area contributed by atoms with Crippen LogP contribution in [0, 0.1) is 18.3 Å². The van der Waals surface area contributed by atoms with Crippen molar-refractivity contribution in [1.29, 1.82) is 5.26 Å². The van der Waals surface area contributed by atoms with E-state index in [4.69, 9.17) is 4.98 Å². The second kappa shape index (κ2) is 11.0. The molecule has 1 heterocycles.